The third-order valence-electron chi connectivity index (χ3n) is 1.48. The molecule has 5 nitrogen and oxygen atoms in total. The number of carbonyl (C=O) groups is 1. The van der Waals surface area contributed by atoms with Gasteiger partial charge in [0.05, 0.1) is 24.7 Å². The van der Waals surface area contributed by atoms with E-state index in [1.165, 1.54) is 4.90 Å². The molecule has 0 saturated carbocycles. The summed E-state index contributed by atoms with van der Waals surface area (Å²) in [6.45, 7) is 1.19. The van der Waals surface area contributed by atoms with Crippen LogP contribution in [0.4, 0.5) is 0 Å². The molecule has 0 saturated heterocycles. The molecule has 0 heterocycles. The zero-order valence-corrected chi connectivity index (χ0v) is 9.30. The quantitative estimate of drug-likeness (QED) is 0.458. The third kappa shape index (κ3) is 6.76. The summed E-state index contributed by atoms with van der Waals surface area (Å²) in [5, 5.41) is 0. The van der Waals surface area contributed by atoms with E-state index < -0.39 is 0 Å². The molecular weight excluding hydrogens is 204 g/mol. The summed E-state index contributed by atoms with van der Waals surface area (Å²) >= 11 is 4.67. The second-order valence-electron chi connectivity index (χ2n) is 2.76. The fourth-order valence-corrected chi connectivity index (χ4v) is 0.928. The Morgan fingerprint density at radius 1 is 1.50 bits per heavy atom. The van der Waals surface area contributed by atoms with E-state index in [-0.39, 0.29) is 24.0 Å². The number of amides is 1. The van der Waals surface area contributed by atoms with Crippen LogP contribution in [0.1, 0.15) is 0 Å². The van der Waals surface area contributed by atoms with E-state index in [0.29, 0.717) is 13.2 Å². The maximum absolute atomic E-state index is 11.3. The molecule has 1 amide bonds. The highest BCUT2D eigenvalue weighted by atomic mass is 32.1. The predicted molar refractivity (Wildman–Crippen MR) is 57.1 cm³/mol. The van der Waals surface area contributed by atoms with Gasteiger partial charge in [0.1, 0.15) is 6.61 Å². The van der Waals surface area contributed by atoms with Crippen molar-refractivity contribution >= 4 is 23.1 Å². The molecule has 2 N–H and O–H groups in total. The number of rotatable bonds is 7. The van der Waals surface area contributed by atoms with Crippen molar-refractivity contribution in [3.63, 3.8) is 0 Å². The second-order valence-corrected chi connectivity index (χ2v) is 3.29. The van der Waals surface area contributed by atoms with Crippen molar-refractivity contribution in [2.45, 2.75) is 0 Å². The number of ether oxygens (including phenoxy) is 2. The van der Waals surface area contributed by atoms with Crippen molar-refractivity contribution in [2.24, 2.45) is 5.73 Å². The summed E-state index contributed by atoms with van der Waals surface area (Å²) in [6.07, 6.45) is 0. The lowest BCUT2D eigenvalue weighted by atomic mass is 10.5. The lowest BCUT2D eigenvalue weighted by Gasteiger charge is -2.15. The summed E-state index contributed by atoms with van der Waals surface area (Å²) < 4.78 is 9.80. The number of carbonyl (C=O) groups excluding carboxylic acids is 1. The molecule has 0 fully saturated rings. The second kappa shape index (κ2) is 7.66. The summed E-state index contributed by atoms with van der Waals surface area (Å²) in [5.74, 6) is -0.145. The molecule has 0 aliphatic heterocycles. The molecule has 0 aromatic rings. The van der Waals surface area contributed by atoms with Crippen molar-refractivity contribution in [1.29, 1.82) is 0 Å². The standard InChI is InChI=1S/C8H16N2O3S/c1-10(5-7(9)14)8(11)6-13-4-3-12-2/h3-6H2,1-2H3,(H2,9,14). The van der Waals surface area contributed by atoms with E-state index in [1.807, 2.05) is 0 Å². The zero-order valence-electron chi connectivity index (χ0n) is 8.49. The van der Waals surface area contributed by atoms with E-state index in [9.17, 15) is 4.79 Å². The molecule has 0 aromatic heterocycles. The largest absolute Gasteiger partial charge is 0.392 e. The Labute approximate surface area is 89.1 Å². The summed E-state index contributed by atoms with van der Waals surface area (Å²) in [5.41, 5.74) is 5.28. The molecule has 0 aliphatic rings. The minimum Gasteiger partial charge on any atom is -0.392 e. The molecular formula is C8H16N2O3S. The molecule has 0 aliphatic carbocycles. The van der Waals surface area contributed by atoms with Gasteiger partial charge < -0.3 is 20.1 Å². The van der Waals surface area contributed by atoms with E-state index in [0.717, 1.165) is 0 Å². The minimum atomic E-state index is -0.145. The average molecular weight is 220 g/mol. The monoisotopic (exact) mass is 220 g/mol. The van der Waals surface area contributed by atoms with Gasteiger partial charge in [0.15, 0.2) is 0 Å². The molecule has 0 bridgehead atoms. The van der Waals surface area contributed by atoms with Crippen molar-refractivity contribution in [3.8, 4) is 0 Å². The average Bonchev–Trinajstić information content (AvgIpc) is 2.11. The van der Waals surface area contributed by atoms with E-state index in [2.05, 4.69) is 12.2 Å². The third-order valence-corrected chi connectivity index (χ3v) is 1.61. The van der Waals surface area contributed by atoms with Gasteiger partial charge in [-0.1, -0.05) is 12.2 Å². The topological polar surface area (TPSA) is 64.8 Å². The number of thiocarbonyl (C=S) groups is 1. The van der Waals surface area contributed by atoms with Gasteiger partial charge in [0.2, 0.25) is 5.91 Å². The molecule has 0 spiro atoms. The molecule has 0 rings (SSSR count). The zero-order chi connectivity index (χ0) is 11.0. The molecule has 0 atom stereocenters. The van der Waals surface area contributed by atoms with Gasteiger partial charge in [-0.15, -0.1) is 0 Å². The number of hydrogen-bond acceptors (Lipinski definition) is 4. The van der Waals surface area contributed by atoms with Crippen LogP contribution in [0.5, 0.6) is 0 Å². The molecule has 0 radical (unpaired) electrons. The van der Waals surface area contributed by atoms with Gasteiger partial charge in [0.25, 0.3) is 0 Å². The summed E-state index contributed by atoms with van der Waals surface area (Å²) in [6, 6.07) is 0. The Balaban J connectivity index is 3.57. The van der Waals surface area contributed by atoms with Crippen LogP contribution in [0.3, 0.4) is 0 Å². The van der Waals surface area contributed by atoms with Gasteiger partial charge in [-0.2, -0.15) is 0 Å². The first-order chi connectivity index (χ1) is 6.57. The highest BCUT2D eigenvalue weighted by Crippen LogP contribution is 1.87. The van der Waals surface area contributed by atoms with Crippen LogP contribution in [0.25, 0.3) is 0 Å². The maximum atomic E-state index is 11.3. The summed E-state index contributed by atoms with van der Waals surface area (Å²) in [4.78, 5) is 13.0. The van der Waals surface area contributed by atoms with Crippen LogP contribution in [0.2, 0.25) is 0 Å². The van der Waals surface area contributed by atoms with Crippen LogP contribution in [0.15, 0.2) is 0 Å². The number of nitrogens with zero attached hydrogens (tertiary/aromatic N) is 1. The van der Waals surface area contributed by atoms with Crippen molar-refractivity contribution in [3.05, 3.63) is 0 Å². The SMILES string of the molecule is COCCOCC(=O)N(C)CC(N)=S. The minimum absolute atomic E-state index is 0.0302. The lowest BCUT2D eigenvalue weighted by Crippen LogP contribution is -2.36. The normalized spacial score (nSPS) is 9.86. The Morgan fingerprint density at radius 2 is 2.14 bits per heavy atom. The van der Waals surface area contributed by atoms with E-state index in [1.54, 1.807) is 14.2 Å². The first-order valence-corrected chi connectivity index (χ1v) is 4.57. The van der Waals surface area contributed by atoms with Gasteiger partial charge in [-0.25, -0.2) is 0 Å². The van der Waals surface area contributed by atoms with Gasteiger partial charge in [0, 0.05) is 14.2 Å². The molecule has 0 aromatic carbocycles. The van der Waals surface area contributed by atoms with Gasteiger partial charge in [-0.05, 0) is 0 Å². The van der Waals surface area contributed by atoms with Crippen LogP contribution >= 0.6 is 12.2 Å². The van der Waals surface area contributed by atoms with Crippen LogP contribution in [-0.2, 0) is 14.3 Å². The van der Waals surface area contributed by atoms with Crippen molar-refractivity contribution < 1.29 is 14.3 Å². The molecule has 14 heavy (non-hydrogen) atoms. The molecule has 6 heteroatoms. The Bertz CT molecular complexity index is 199. The van der Waals surface area contributed by atoms with Crippen LogP contribution in [0, 0.1) is 0 Å². The van der Waals surface area contributed by atoms with Gasteiger partial charge >= 0.3 is 0 Å². The highest BCUT2D eigenvalue weighted by Gasteiger charge is 2.08. The first-order valence-electron chi connectivity index (χ1n) is 4.17. The van der Waals surface area contributed by atoms with Gasteiger partial charge in [-0.3, -0.25) is 4.79 Å². The number of likely N-dealkylation sites (N-methyl/N-ethyl adjacent to an activating group) is 1. The fraction of sp³-hybridized carbons (Fsp3) is 0.750. The number of nitrogens with two attached hydrogens (primary N) is 1. The van der Waals surface area contributed by atoms with E-state index >= 15 is 0 Å². The lowest BCUT2D eigenvalue weighted by molar-refractivity contribution is -0.134. The van der Waals surface area contributed by atoms with E-state index in [4.69, 9.17) is 15.2 Å². The Morgan fingerprint density at radius 3 is 2.64 bits per heavy atom. The van der Waals surface area contributed by atoms with Crippen LogP contribution < -0.4 is 5.73 Å². The number of methoxy groups -OCH3 is 1. The Hall–Kier alpha value is -0.720. The Kier molecular flexibility index (Phi) is 7.27. The van der Waals surface area contributed by atoms with Crippen LogP contribution in [-0.4, -0.2) is 56.3 Å². The van der Waals surface area contributed by atoms with Crippen molar-refractivity contribution in [2.75, 3.05) is 40.5 Å². The predicted octanol–water partition coefficient (Wildman–Crippen LogP) is -0.606. The fourth-order valence-electron chi connectivity index (χ4n) is 0.734. The molecule has 0 unspecified atom stereocenters. The maximum Gasteiger partial charge on any atom is 0.248 e. The first kappa shape index (κ1) is 13.3. The number of hydrogen-bond donors (Lipinski definition) is 1. The smallest absolute Gasteiger partial charge is 0.248 e. The molecule has 82 valence electrons. The summed E-state index contributed by atoms with van der Waals surface area (Å²) in [7, 11) is 3.20. The highest BCUT2D eigenvalue weighted by molar-refractivity contribution is 7.80. The van der Waals surface area contributed by atoms with Crippen molar-refractivity contribution in [1.82, 2.24) is 4.90 Å².